The number of rotatable bonds is 6. The molecule has 1 unspecified atom stereocenters. The largest absolute Gasteiger partial charge is 0.368 e. The third kappa shape index (κ3) is 2.89. The molecule has 3 N–H and O–H groups in total. The second-order valence-electron chi connectivity index (χ2n) is 6.43. The van der Waals surface area contributed by atoms with Crippen molar-refractivity contribution in [2.45, 2.75) is 37.6 Å². The molecule has 3 heteroatoms. The van der Waals surface area contributed by atoms with Gasteiger partial charge in [0.1, 0.15) is 0 Å². The van der Waals surface area contributed by atoms with Crippen molar-refractivity contribution in [2.75, 3.05) is 6.54 Å². The molecule has 1 aliphatic rings. The van der Waals surface area contributed by atoms with Crippen molar-refractivity contribution in [3.05, 3.63) is 71.3 Å². The average molecular weight is 308 g/mol. The van der Waals surface area contributed by atoms with Gasteiger partial charge in [0, 0.05) is 5.41 Å². The van der Waals surface area contributed by atoms with E-state index in [1.807, 2.05) is 18.2 Å². The zero-order valence-electron chi connectivity index (χ0n) is 13.6. The molecule has 0 saturated heterocycles. The summed E-state index contributed by atoms with van der Waals surface area (Å²) >= 11 is 0. The number of amides is 1. The van der Waals surface area contributed by atoms with Crippen molar-refractivity contribution in [3.63, 3.8) is 0 Å². The molecule has 2 aromatic rings. The van der Waals surface area contributed by atoms with Crippen LogP contribution in [0.2, 0.25) is 0 Å². The van der Waals surface area contributed by atoms with Gasteiger partial charge in [-0.15, -0.1) is 0 Å². The molecule has 0 fully saturated rings. The lowest BCUT2D eigenvalue weighted by atomic mass is 9.71. The predicted octanol–water partition coefficient (Wildman–Crippen LogP) is 2.58. The third-order valence-electron chi connectivity index (χ3n) is 4.91. The van der Waals surface area contributed by atoms with Crippen LogP contribution in [0.3, 0.4) is 0 Å². The van der Waals surface area contributed by atoms with Gasteiger partial charge in [-0.25, -0.2) is 0 Å². The molecule has 0 heterocycles. The van der Waals surface area contributed by atoms with Gasteiger partial charge in [0.05, 0.1) is 6.04 Å². The minimum Gasteiger partial charge on any atom is -0.368 e. The second-order valence-corrected chi connectivity index (χ2v) is 6.43. The number of fused-ring (bicyclic) bond motifs is 1. The monoisotopic (exact) mass is 308 g/mol. The van der Waals surface area contributed by atoms with E-state index in [1.54, 1.807) is 0 Å². The van der Waals surface area contributed by atoms with Crippen LogP contribution in [0, 0.1) is 0 Å². The summed E-state index contributed by atoms with van der Waals surface area (Å²) in [5, 5.41) is 3.41. The molecule has 0 bridgehead atoms. The number of carbonyl (C=O) groups is 1. The van der Waals surface area contributed by atoms with Gasteiger partial charge in [-0.1, -0.05) is 61.5 Å². The Kier molecular flexibility index (Phi) is 4.49. The SMILES string of the molecule is CCCNC(C(N)=O)C1(c2ccccc2)Cc2ccccc2C1. The predicted molar refractivity (Wildman–Crippen MR) is 93.2 cm³/mol. The molecule has 3 nitrogen and oxygen atoms in total. The molecule has 2 aromatic carbocycles. The van der Waals surface area contributed by atoms with Gasteiger partial charge in [0.25, 0.3) is 0 Å². The van der Waals surface area contributed by atoms with Gasteiger partial charge >= 0.3 is 0 Å². The van der Waals surface area contributed by atoms with E-state index in [4.69, 9.17) is 5.73 Å². The summed E-state index contributed by atoms with van der Waals surface area (Å²) in [6.45, 7) is 2.89. The number of carbonyl (C=O) groups excluding carboxylic acids is 1. The van der Waals surface area contributed by atoms with Crippen LogP contribution >= 0.6 is 0 Å². The maximum Gasteiger partial charge on any atom is 0.235 e. The van der Waals surface area contributed by atoms with Gasteiger partial charge in [-0.3, -0.25) is 4.79 Å². The summed E-state index contributed by atoms with van der Waals surface area (Å²) in [5.74, 6) is -0.268. The number of nitrogens with one attached hydrogen (secondary N) is 1. The number of primary amides is 1. The van der Waals surface area contributed by atoms with E-state index >= 15 is 0 Å². The quantitative estimate of drug-likeness (QED) is 0.862. The summed E-state index contributed by atoms with van der Waals surface area (Å²) in [7, 11) is 0. The van der Waals surface area contributed by atoms with Gasteiger partial charge in [-0.05, 0) is 42.5 Å². The molecule has 0 radical (unpaired) electrons. The molecule has 0 saturated carbocycles. The molecule has 0 aliphatic heterocycles. The lowest BCUT2D eigenvalue weighted by molar-refractivity contribution is -0.121. The molecule has 23 heavy (non-hydrogen) atoms. The lowest BCUT2D eigenvalue weighted by Gasteiger charge is -2.37. The molecule has 1 aliphatic carbocycles. The zero-order chi connectivity index (χ0) is 16.3. The van der Waals surface area contributed by atoms with Crippen molar-refractivity contribution in [3.8, 4) is 0 Å². The Balaban J connectivity index is 2.07. The van der Waals surface area contributed by atoms with Gasteiger partial charge in [-0.2, -0.15) is 0 Å². The first-order valence-electron chi connectivity index (χ1n) is 8.32. The number of nitrogens with two attached hydrogens (primary N) is 1. The van der Waals surface area contributed by atoms with Crippen molar-refractivity contribution in [1.29, 1.82) is 0 Å². The summed E-state index contributed by atoms with van der Waals surface area (Å²) < 4.78 is 0. The maximum absolute atomic E-state index is 12.3. The van der Waals surface area contributed by atoms with Crippen LogP contribution in [0.25, 0.3) is 0 Å². The highest BCUT2D eigenvalue weighted by Crippen LogP contribution is 2.42. The number of hydrogen-bond acceptors (Lipinski definition) is 2. The third-order valence-corrected chi connectivity index (χ3v) is 4.91. The Hall–Kier alpha value is -2.13. The van der Waals surface area contributed by atoms with Gasteiger partial charge in [0.2, 0.25) is 5.91 Å². The summed E-state index contributed by atoms with van der Waals surface area (Å²) in [6.07, 6.45) is 2.66. The molecule has 0 spiro atoms. The Morgan fingerprint density at radius 2 is 1.65 bits per heavy atom. The zero-order valence-corrected chi connectivity index (χ0v) is 13.6. The molecule has 1 amide bonds. The van der Waals surface area contributed by atoms with E-state index in [9.17, 15) is 4.79 Å². The first kappa shape index (κ1) is 15.8. The molecule has 0 aromatic heterocycles. The second kappa shape index (κ2) is 6.55. The van der Waals surface area contributed by atoms with E-state index in [-0.39, 0.29) is 17.4 Å². The first-order chi connectivity index (χ1) is 11.2. The van der Waals surface area contributed by atoms with E-state index in [0.29, 0.717) is 0 Å². The fourth-order valence-corrected chi connectivity index (χ4v) is 3.85. The van der Waals surface area contributed by atoms with E-state index in [2.05, 4.69) is 48.6 Å². The summed E-state index contributed by atoms with van der Waals surface area (Å²) in [5.41, 5.74) is 9.34. The van der Waals surface area contributed by atoms with Gasteiger partial charge < -0.3 is 11.1 Å². The average Bonchev–Trinajstić information content (AvgIpc) is 2.96. The van der Waals surface area contributed by atoms with Crippen LogP contribution in [-0.2, 0) is 23.1 Å². The minimum atomic E-state index is -0.364. The first-order valence-corrected chi connectivity index (χ1v) is 8.32. The lowest BCUT2D eigenvalue weighted by Crippen LogP contribution is -2.56. The van der Waals surface area contributed by atoms with Crippen molar-refractivity contribution in [1.82, 2.24) is 5.32 Å². The highest BCUT2D eigenvalue weighted by molar-refractivity contribution is 5.82. The van der Waals surface area contributed by atoms with Crippen molar-refractivity contribution in [2.24, 2.45) is 5.73 Å². The highest BCUT2D eigenvalue weighted by Gasteiger charge is 2.47. The Bertz CT molecular complexity index is 656. The van der Waals surface area contributed by atoms with E-state index in [0.717, 1.165) is 25.8 Å². The smallest absolute Gasteiger partial charge is 0.235 e. The maximum atomic E-state index is 12.3. The molecule has 1 atom stereocenters. The van der Waals surface area contributed by atoms with Crippen molar-refractivity contribution >= 4 is 5.91 Å². The topological polar surface area (TPSA) is 55.1 Å². The van der Waals surface area contributed by atoms with Crippen LogP contribution in [0.4, 0.5) is 0 Å². The molecule has 3 rings (SSSR count). The van der Waals surface area contributed by atoms with Crippen LogP contribution in [-0.4, -0.2) is 18.5 Å². The van der Waals surface area contributed by atoms with Crippen LogP contribution in [0.15, 0.2) is 54.6 Å². The van der Waals surface area contributed by atoms with Gasteiger partial charge in [0.15, 0.2) is 0 Å². The van der Waals surface area contributed by atoms with E-state index < -0.39 is 0 Å². The number of benzene rings is 2. The fourth-order valence-electron chi connectivity index (χ4n) is 3.85. The highest BCUT2D eigenvalue weighted by atomic mass is 16.1. The van der Waals surface area contributed by atoms with Crippen LogP contribution in [0.1, 0.15) is 30.0 Å². The standard InChI is InChI=1S/C20H24N2O/c1-2-12-22-18(19(21)23)20(17-10-4-3-5-11-17)13-15-8-6-7-9-16(15)14-20/h3-11,18,22H,2,12-14H2,1H3,(H2,21,23). The Morgan fingerprint density at radius 3 is 2.17 bits per heavy atom. The normalized spacial score (nSPS) is 16.7. The van der Waals surface area contributed by atoms with E-state index in [1.165, 1.54) is 16.7 Å². The van der Waals surface area contributed by atoms with Crippen molar-refractivity contribution < 1.29 is 4.79 Å². The summed E-state index contributed by atoms with van der Waals surface area (Å²) in [4.78, 5) is 12.3. The summed E-state index contributed by atoms with van der Waals surface area (Å²) in [6, 6.07) is 18.4. The molecular formula is C20H24N2O. The Labute approximate surface area is 137 Å². The molecular weight excluding hydrogens is 284 g/mol. The number of hydrogen-bond donors (Lipinski definition) is 2. The Morgan fingerprint density at radius 1 is 1.09 bits per heavy atom. The minimum absolute atomic E-state index is 0.268. The fraction of sp³-hybridized carbons (Fsp3) is 0.350. The molecule has 120 valence electrons. The van der Waals surface area contributed by atoms with Crippen LogP contribution < -0.4 is 11.1 Å². The van der Waals surface area contributed by atoms with Crippen LogP contribution in [0.5, 0.6) is 0 Å².